The second kappa shape index (κ2) is 21.6. The third-order valence-electron chi connectivity index (χ3n) is 14.9. The lowest BCUT2D eigenvalue weighted by Crippen LogP contribution is -2.59. The predicted molar refractivity (Wildman–Crippen MR) is 278 cm³/mol. The van der Waals surface area contributed by atoms with E-state index in [-0.39, 0.29) is 52.0 Å². The van der Waals surface area contributed by atoms with Gasteiger partial charge in [0.15, 0.2) is 11.5 Å². The topological polar surface area (TPSA) is 166 Å². The van der Waals surface area contributed by atoms with E-state index in [1.54, 1.807) is 48.4 Å². The molecule has 3 saturated heterocycles. The van der Waals surface area contributed by atoms with Crippen molar-refractivity contribution < 1.29 is 57.4 Å². The second-order valence-corrected chi connectivity index (χ2v) is 19.2. The lowest BCUT2D eigenvalue weighted by atomic mass is 9.64. The summed E-state index contributed by atoms with van der Waals surface area (Å²) in [5.41, 5.74) is 2.58. The molecule has 76 heavy (non-hydrogen) atoms. The van der Waals surface area contributed by atoms with Gasteiger partial charge in [-0.1, -0.05) is 90.7 Å². The number of esters is 1. The summed E-state index contributed by atoms with van der Waals surface area (Å²) in [6.45, 7) is 1.81. The van der Waals surface area contributed by atoms with Crippen LogP contribution in [0.1, 0.15) is 57.1 Å². The van der Waals surface area contributed by atoms with E-state index in [0.717, 1.165) is 16.0 Å². The lowest BCUT2D eigenvalue weighted by Gasteiger charge is -2.46. The Morgan fingerprint density at radius 1 is 0.697 bits per heavy atom. The molecule has 16 nitrogen and oxygen atoms in total. The van der Waals surface area contributed by atoms with E-state index in [2.05, 4.69) is 16.7 Å². The van der Waals surface area contributed by atoms with Crippen LogP contribution in [0.4, 0.5) is 10.5 Å². The molecule has 0 bridgehead atoms. The maximum Gasteiger partial charge on any atom is 0.421 e. The van der Waals surface area contributed by atoms with Gasteiger partial charge < -0.3 is 43.2 Å². The fraction of sp³-hybridized carbons (Fsp3) is 0.300. The first-order valence-electron chi connectivity index (χ1n) is 25.3. The van der Waals surface area contributed by atoms with Gasteiger partial charge in [0.2, 0.25) is 18.6 Å². The van der Waals surface area contributed by atoms with Gasteiger partial charge in [-0.05, 0) is 94.5 Å². The van der Waals surface area contributed by atoms with Crippen LogP contribution in [-0.4, -0.2) is 123 Å². The molecule has 6 aromatic carbocycles. The maximum absolute atomic E-state index is 16.7. The van der Waals surface area contributed by atoms with Crippen molar-refractivity contribution in [1.29, 1.82) is 0 Å². The van der Waals surface area contributed by atoms with Gasteiger partial charge >= 0.3 is 12.1 Å². The van der Waals surface area contributed by atoms with Crippen LogP contribution in [0.3, 0.4) is 0 Å². The third-order valence-corrected chi connectivity index (χ3v) is 14.9. The minimum absolute atomic E-state index is 0.0263. The Balaban J connectivity index is 1.12. The van der Waals surface area contributed by atoms with E-state index < -0.39 is 59.4 Å². The van der Waals surface area contributed by atoms with Gasteiger partial charge in [0, 0.05) is 51.0 Å². The van der Waals surface area contributed by atoms with Crippen LogP contribution in [0.25, 0.3) is 0 Å². The summed E-state index contributed by atoms with van der Waals surface area (Å²) in [6, 6.07) is 41.1. The van der Waals surface area contributed by atoms with Crippen LogP contribution in [0.2, 0.25) is 0 Å². The molecule has 0 aliphatic carbocycles. The SMILES string of the molecule is COCCOC(=O)N1C(=O)[C@@]2(c3cc(C#Cc4ccc(OC)cc4)ccc31)[C@H](c1cccc(OCCO)c1)N1[C@H](c3ccccc3)[C@H](c3ccccc3)OC(=O)[C@H]1[C@@H]2C(=O)N1CCN(Cc2ccc3c(c2)OCO3)CC1. The first-order valence-corrected chi connectivity index (χ1v) is 25.3. The molecule has 11 rings (SSSR count). The van der Waals surface area contributed by atoms with Crippen molar-refractivity contribution in [3.05, 3.63) is 185 Å². The first-order chi connectivity index (χ1) is 37.2. The maximum atomic E-state index is 16.7. The number of cyclic esters (lactones) is 1. The number of benzene rings is 6. The zero-order valence-electron chi connectivity index (χ0n) is 42.0. The molecular formula is C60H56N4O12. The number of amides is 3. The Labute approximate surface area is 440 Å². The Kier molecular flexibility index (Phi) is 14.2. The van der Waals surface area contributed by atoms with Crippen LogP contribution >= 0.6 is 0 Å². The molecule has 6 atom stereocenters. The van der Waals surface area contributed by atoms with E-state index in [4.69, 9.17) is 33.2 Å². The number of anilines is 1. The molecule has 1 spiro atoms. The molecule has 0 aromatic heterocycles. The summed E-state index contributed by atoms with van der Waals surface area (Å²) in [5, 5.41) is 9.91. The third kappa shape index (κ3) is 9.15. The van der Waals surface area contributed by atoms with Gasteiger partial charge in [-0.3, -0.25) is 24.2 Å². The molecule has 0 radical (unpaired) electrons. The summed E-state index contributed by atoms with van der Waals surface area (Å²) >= 11 is 0. The smallest absolute Gasteiger partial charge is 0.421 e. The number of ether oxygens (including phenoxy) is 7. The molecule has 0 saturated carbocycles. The Morgan fingerprint density at radius 2 is 1.41 bits per heavy atom. The highest BCUT2D eigenvalue weighted by atomic mass is 16.7. The van der Waals surface area contributed by atoms with Crippen LogP contribution < -0.4 is 23.8 Å². The molecule has 388 valence electrons. The minimum atomic E-state index is -2.05. The van der Waals surface area contributed by atoms with Crippen molar-refractivity contribution >= 4 is 29.6 Å². The number of methoxy groups -OCH3 is 2. The van der Waals surface area contributed by atoms with Gasteiger partial charge in [-0.25, -0.2) is 9.69 Å². The Hall–Kier alpha value is -8.20. The van der Waals surface area contributed by atoms with Gasteiger partial charge in [0.1, 0.15) is 42.3 Å². The zero-order valence-corrected chi connectivity index (χ0v) is 42.0. The van der Waals surface area contributed by atoms with E-state index in [1.165, 1.54) is 7.11 Å². The van der Waals surface area contributed by atoms with Crippen molar-refractivity contribution in [2.75, 3.05) is 78.5 Å². The van der Waals surface area contributed by atoms with Crippen molar-refractivity contribution in [3.63, 3.8) is 0 Å². The summed E-state index contributed by atoms with van der Waals surface area (Å²) in [7, 11) is 3.06. The van der Waals surface area contributed by atoms with Crippen molar-refractivity contribution in [1.82, 2.24) is 14.7 Å². The van der Waals surface area contributed by atoms with Crippen molar-refractivity contribution in [2.45, 2.75) is 36.2 Å². The highest BCUT2D eigenvalue weighted by molar-refractivity contribution is 6.23. The molecule has 3 fully saturated rings. The monoisotopic (exact) mass is 1020 g/mol. The number of carbonyl (C=O) groups excluding carboxylic acids is 4. The molecule has 16 heteroatoms. The summed E-state index contributed by atoms with van der Waals surface area (Å²) in [4.78, 5) is 70.6. The molecule has 0 unspecified atom stereocenters. The normalized spacial score (nSPS) is 22.6. The number of piperazine rings is 1. The van der Waals surface area contributed by atoms with E-state index in [9.17, 15) is 9.90 Å². The summed E-state index contributed by atoms with van der Waals surface area (Å²) in [6.07, 6.45) is -1.91. The molecular weight excluding hydrogens is 969 g/mol. The van der Waals surface area contributed by atoms with E-state index in [1.807, 2.05) is 114 Å². The van der Waals surface area contributed by atoms with Crippen molar-refractivity contribution in [3.8, 4) is 34.8 Å². The zero-order chi connectivity index (χ0) is 52.3. The number of aliphatic hydroxyl groups is 1. The number of hydrogen-bond donors (Lipinski definition) is 1. The van der Waals surface area contributed by atoms with E-state index >= 15 is 14.4 Å². The largest absolute Gasteiger partial charge is 0.497 e. The fourth-order valence-electron chi connectivity index (χ4n) is 11.6. The quantitative estimate of drug-likeness (QED) is 0.0715. The van der Waals surface area contributed by atoms with Gasteiger partial charge in [-0.15, -0.1) is 0 Å². The number of hydrogen-bond acceptors (Lipinski definition) is 14. The summed E-state index contributed by atoms with van der Waals surface area (Å²) in [5.74, 6) is 5.51. The first kappa shape index (κ1) is 50.0. The number of fused-ring (bicyclic) bond motifs is 4. The molecule has 5 aliphatic rings. The number of aliphatic hydroxyl groups excluding tert-OH is 1. The molecule has 1 N–H and O–H groups in total. The predicted octanol–water partition coefficient (Wildman–Crippen LogP) is 6.99. The number of imide groups is 1. The van der Waals surface area contributed by atoms with Gasteiger partial charge in [-0.2, -0.15) is 0 Å². The van der Waals surface area contributed by atoms with Crippen molar-refractivity contribution in [2.24, 2.45) is 5.92 Å². The molecule has 5 heterocycles. The van der Waals surface area contributed by atoms with Gasteiger partial charge in [0.25, 0.3) is 0 Å². The van der Waals surface area contributed by atoms with E-state index in [0.29, 0.717) is 70.4 Å². The van der Waals surface area contributed by atoms with Crippen LogP contribution in [0, 0.1) is 17.8 Å². The molecule has 5 aliphatic heterocycles. The lowest BCUT2D eigenvalue weighted by molar-refractivity contribution is -0.179. The number of carbonyl (C=O) groups is 4. The van der Waals surface area contributed by atoms with Crippen LogP contribution in [-0.2, 0) is 40.6 Å². The Bertz CT molecular complexity index is 3190. The minimum Gasteiger partial charge on any atom is -0.497 e. The molecule has 6 aromatic rings. The van der Waals surface area contributed by atoms with Crippen LogP contribution in [0.15, 0.2) is 146 Å². The highest BCUT2D eigenvalue weighted by Gasteiger charge is 2.76. The van der Waals surface area contributed by atoms with Gasteiger partial charge in [0.05, 0.1) is 44.0 Å². The number of nitrogens with zero attached hydrogens (tertiary/aromatic N) is 4. The number of morpholine rings is 1. The second-order valence-electron chi connectivity index (χ2n) is 19.2. The Morgan fingerprint density at radius 3 is 2.14 bits per heavy atom. The molecule has 3 amide bonds. The average molecular weight is 1030 g/mol. The average Bonchev–Trinajstić information content (AvgIpc) is 3.84. The summed E-state index contributed by atoms with van der Waals surface area (Å²) < 4.78 is 40.4. The highest BCUT2D eigenvalue weighted by Crippen LogP contribution is 2.66. The standard InChI is InChI=1S/C60H56N4O12/c1-70-32-33-73-59(69)63-48-24-20-40(17-16-39-18-22-45(71-2)23-19-39)34-47(48)60(58(63)68)51(56(66)62-28-26-61(27-29-62)37-41-21-25-49-50(35-41)75-38-74-49)53-57(67)76-54(43-12-7-4-8-13-43)52(42-10-5-3-6-11-42)64(53)55(60)44-14-9-15-46(36-44)72-31-30-65/h3-15,18-25,34-36,51-55,65H,26-33,37-38H2,1-2H3/t51-,52-,53-,54+,55+,60-/m1/s1. The van der Waals surface area contributed by atoms with Crippen LogP contribution in [0.5, 0.6) is 23.0 Å². The fourth-order valence-corrected chi connectivity index (χ4v) is 11.6. The number of rotatable bonds is 13.